The minimum Gasteiger partial charge on any atom is -0.382 e. The molecule has 5 aromatic rings. The second-order valence-electron chi connectivity index (χ2n) is 13.1. The fraction of sp³-hybridized carbons (Fsp3) is 0.378. The number of ketones is 1. The molecular weight excluding hydrogens is 795 g/mol. The lowest BCUT2D eigenvalue weighted by atomic mass is 9.89. The molecule has 3 heterocycles. The maximum absolute atomic E-state index is 15.1. The number of Topliss-reactive ketones (excluding diaryl/α,β-unsaturated/α-hetero) is 1. The van der Waals surface area contributed by atoms with E-state index in [1.165, 1.54) is 19.2 Å². The number of methoxy groups -OCH3 is 1. The van der Waals surface area contributed by atoms with E-state index >= 15 is 8.78 Å². The summed E-state index contributed by atoms with van der Waals surface area (Å²) in [5, 5.41) is 9.31. The number of fused-ring (bicyclic) bond motifs is 2. The van der Waals surface area contributed by atoms with E-state index in [0.29, 0.717) is 35.7 Å². The largest absolute Gasteiger partial charge is 0.382 e. The summed E-state index contributed by atoms with van der Waals surface area (Å²) >= 11 is 1.15. The highest BCUT2D eigenvalue weighted by Gasteiger charge is 2.55. The molecule has 0 bridgehead atoms. The Morgan fingerprint density at radius 3 is 2.33 bits per heavy atom. The van der Waals surface area contributed by atoms with Crippen LogP contribution in [-0.4, -0.2) is 64.9 Å². The number of carbonyl (C=O) groups is 2. The lowest BCUT2D eigenvalue weighted by Crippen LogP contribution is -2.37. The molecule has 2 N–H and O–H groups in total. The molecule has 3 aromatic heterocycles. The summed E-state index contributed by atoms with van der Waals surface area (Å²) in [5.74, 6) is -12.8. The van der Waals surface area contributed by atoms with Crippen molar-refractivity contribution in [1.29, 1.82) is 0 Å². The van der Waals surface area contributed by atoms with Crippen molar-refractivity contribution in [1.82, 2.24) is 25.1 Å². The van der Waals surface area contributed by atoms with Crippen LogP contribution in [-0.2, 0) is 39.1 Å². The monoisotopic (exact) mass is 828 g/mol. The van der Waals surface area contributed by atoms with E-state index in [1.807, 2.05) is 0 Å². The molecule has 57 heavy (non-hydrogen) atoms. The summed E-state index contributed by atoms with van der Waals surface area (Å²) in [6.07, 6.45) is -6.96. The Balaban J connectivity index is 1.45. The van der Waals surface area contributed by atoms with Gasteiger partial charge in [-0.3, -0.25) is 14.3 Å². The molecule has 0 fully saturated rings. The standard InChI is InChI=1S/C37H33F9N6O4S/c1-18(53)23-14-20(3-4-25(23)40)24-16-27-34(50-35(57-27)47-7-8-56-10-9-55-2)49-30(24)26(13-19-11-21(38)15-22(39)12-19)48-28(54)17-52-32-29(31(51-52)33(41)42)36(43,44)5-6-37(32,45)46/h3-4,11-12,14-16,26,33H,5-10,13,17H2,1-2H3,(H,48,54)(H,47,49,50)/t26-/m0/s1. The minimum absolute atomic E-state index is 0.0362. The number of amides is 1. The SMILES string of the molecule is COCCOCCNc1nc2nc([C@H](Cc3cc(F)cc(F)c3)NC(=O)Cn3nc(C(F)F)c4c3C(F)(F)CCC4(F)F)c(-c3ccc(F)c(C(C)=O)c3)cc2s1. The molecule has 2 aromatic carbocycles. The number of benzene rings is 2. The third kappa shape index (κ3) is 9.23. The van der Waals surface area contributed by atoms with E-state index in [-0.39, 0.29) is 44.9 Å². The molecule has 1 atom stereocenters. The molecule has 0 spiro atoms. The molecule has 1 aliphatic rings. The smallest absolute Gasteiger partial charge is 0.290 e. The molecule has 20 heteroatoms. The van der Waals surface area contributed by atoms with Gasteiger partial charge in [0.15, 0.2) is 16.6 Å². The van der Waals surface area contributed by atoms with Crippen LogP contribution in [0.5, 0.6) is 0 Å². The topological polar surface area (TPSA) is 120 Å². The number of nitrogens with zero attached hydrogens (tertiary/aromatic N) is 4. The zero-order chi connectivity index (χ0) is 41.2. The van der Waals surface area contributed by atoms with Crippen LogP contribution in [0, 0.1) is 17.5 Å². The van der Waals surface area contributed by atoms with Gasteiger partial charge in [-0.25, -0.2) is 40.7 Å². The molecule has 0 aliphatic heterocycles. The first-order chi connectivity index (χ1) is 27.0. The first-order valence-electron chi connectivity index (χ1n) is 17.3. The van der Waals surface area contributed by atoms with E-state index in [2.05, 4.69) is 25.7 Å². The molecule has 1 aliphatic carbocycles. The average molecular weight is 829 g/mol. The van der Waals surface area contributed by atoms with Gasteiger partial charge in [0.05, 0.1) is 47.4 Å². The highest BCUT2D eigenvalue weighted by atomic mass is 32.1. The molecular formula is C37H33F9N6O4S. The van der Waals surface area contributed by atoms with Crippen molar-refractivity contribution in [3.63, 3.8) is 0 Å². The minimum atomic E-state index is -4.10. The summed E-state index contributed by atoms with van der Waals surface area (Å²) in [4.78, 5) is 35.3. The Bertz CT molecular complexity index is 2280. The number of aromatic nitrogens is 4. The van der Waals surface area contributed by atoms with Crippen molar-refractivity contribution in [3.8, 4) is 11.1 Å². The van der Waals surface area contributed by atoms with E-state index in [0.717, 1.165) is 36.5 Å². The Morgan fingerprint density at radius 2 is 1.65 bits per heavy atom. The van der Waals surface area contributed by atoms with Crippen LogP contribution >= 0.6 is 11.3 Å². The molecule has 10 nitrogen and oxygen atoms in total. The van der Waals surface area contributed by atoms with Crippen molar-refractivity contribution < 1.29 is 58.6 Å². The summed E-state index contributed by atoms with van der Waals surface area (Å²) in [7, 11) is 1.53. The molecule has 0 saturated carbocycles. The van der Waals surface area contributed by atoms with Gasteiger partial charge in [0.2, 0.25) is 5.91 Å². The van der Waals surface area contributed by atoms with Gasteiger partial charge in [-0.2, -0.15) is 13.9 Å². The number of alkyl halides is 6. The van der Waals surface area contributed by atoms with Gasteiger partial charge in [0.25, 0.3) is 18.3 Å². The summed E-state index contributed by atoms with van der Waals surface area (Å²) in [5.41, 5.74) is -4.72. The summed E-state index contributed by atoms with van der Waals surface area (Å²) in [6, 6.07) is 6.21. The summed E-state index contributed by atoms with van der Waals surface area (Å²) in [6.45, 7) is 1.22. The number of thiazole rings is 1. The van der Waals surface area contributed by atoms with Crippen molar-refractivity contribution in [3.05, 3.63) is 93.7 Å². The molecule has 1 amide bonds. The number of carbonyl (C=O) groups excluding carboxylic acids is 2. The number of rotatable bonds is 16. The zero-order valence-electron chi connectivity index (χ0n) is 30.1. The molecule has 0 unspecified atom stereocenters. The van der Waals surface area contributed by atoms with E-state index in [9.17, 15) is 40.3 Å². The van der Waals surface area contributed by atoms with Crippen LogP contribution in [0.15, 0.2) is 42.5 Å². The van der Waals surface area contributed by atoms with E-state index in [1.54, 1.807) is 6.07 Å². The van der Waals surface area contributed by atoms with Gasteiger partial charge in [-0.15, -0.1) is 0 Å². The fourth-order valence-corrected chi connectivity index (χ4v) is 7.35. The average Bonchev–Trinajstić information content (AvgIpc) is 3.73. The number of anilines is 1. The molecule has 6 rings (SSSR count). The van der Waals surface area contributed by atoms with Crippen LogP contribution in [0.4, 0.5) is 44.6 Å². The van der Waals surface area contributed by atoms with Crippen molar-refractivity contribution >= 4 is 38.5 Å². The van der Waals surface area contributed by atoms with Crippen LogP contribution in [0.1, 0.15) is 70.8 Å². The third-order valence-electron chi connectivity index (χ3n) is 9.00. The Labute approximate surface area is 322 Å². The number of hydrogen-bond acceptors (Lipinski definition) is 9. The first-order valence-corrected chi connectivity index (χ1v) is 18.1. The first kappa shape index (κ1) is 41.6. The second kappa shape index (κ2) is 16.8. The van der Waals surface area contributed by atoms with Gasteiger partial charge in [0, 0.05) is 38.1 Å². The van der Waals surface area contributed by atoms with Gasteiger partial charge >= 0.3 is 0 Å². The zero-order valence-corrected chi connectivity index (χ0v) is 30.9. The van der Waals surface area contributed by atoms with Crippen molar-refractivity contribution in [2.24, 2.45) is 0 Å². The molecule has 0 radical (unpaired) electrons. The normalized spacial score (nSPS) is 15.2. The number of nitrogens with one attached hydrogen (secondary N) is 2. The van der Waals surface area contributed by atoms with E-state index in [4.69, 9.17) is 9.47 Å². The van der Waals surface area contributed by atoms with Crippen LogP contribution in [0.25, 0.3) is 21.5 Å². The van der Waals surface area contributed by atoms with E-state index < -0.39 is 96.2 Å². The summed E-state index contributed by atoms with van der Waals surface area (Å²) < 4.78 is 142. The van der Waals surface area contributed by atoms with Gasteiger partial charge < -0.3 is 20.1 Å². The number of hydrogen-bond donors (Lipinski definition) is 2. The lowest BCUT2D eigenvalue weighted by molar-refractivity contribution is -0.123. The predicted octanol–water partition coefficient (Wildman–Crippen LogP) is 8.26. The molecule has 0 saturated heterocycles. The highest BCUT2D eigenvalue weighted by molar-refractivity contribution is 7.22. The number of ether oxygens (including phenoxy) is 2. The Kier molecular flexibility index (Phi) is 12.2. The quantitative estimate of drug-likeness (QED) is 0.0580. The second-order valence-corrected chi connectivity index (χ2v) is 14.2. The maximum Gasteiger partial charge on any atom is 0.290 e. The van der Waals surface area contributed by atoms with Crippen LogP contribution in [0.2, 0.25) is 0 Å². The van der Waals surface area contributed by atoms with Gasteiger partial charge in [0.1, 0.15) is 35.4 Å². The number of halogens is 9. The van der Waals surface area contributed by atoms with Gasteiger partial charge in [-0.05, 0) is 54.8 Å². The predicted molar refractivity (Wildman–Crippen MR) is 189 cm³/mol. The van der Waals surface area contributed by atoms with Crippen molar-refractivity contribution in [2.45, 2.75) is 57.0 Å². The Morgan fingerprint density at radius 1 is 0.930 bits per heavy atom. The van der Waals surface area contributed by atoms with Gasteiger partial charge in [-0.1, -0.05) is 17.4 Å². The lowest BCUT2D eigenvalue weighted by Gasteiger charge is -2.29. The number of pyridine rings is 1. The van der Waals surface area contributed by atoms with Crippen LogP contribution < -0.4 is 10.6 Å². The highest BCUT2D eigenvalue weighted by Crippen LogP contribution is 2.52. The Hall–Kier alpha value is -5.08. The van der Waals surface area contributed by atoms with Crippen molar-refractivity contribution in [2.75, 3.05) is 38.8 Å². The fourth-order valence-electron chi connectivity index (χ4n) is 6.48. The third-order valence-corrected chi connectivity index (χ3v) is 9.94. The maximum atomic E-state index is 15.1. The molecule has 304 valence electrons. The van der Waals surface area contributed by atoms with Crippen LogP contribution in [0.3, 0.4) is 0 Å².